The highest BCUT2D eigenvalue weighted by Crippen LogP contribution is 2.18. The van der Waals surface area contributed by atoms with E-state index in [4.69, 9.17) is 5.11 Å². The van der Waals surface area contributed by atoms with Gasteiger partial charge in [-0.05, 0) is 12.1 Å². The molecule has 0 aliphatic heterocycles. The second kappa shape index (κ2) is 3.37. The summed E-state index contributed by atoms with van der Waals surface area (Å²) in [6.07, 6.45) is 2.86. The second-order valence-corrected chi connectivity index (χ2v) is 3.25. The predicted molar refractivity (Wildman–Crippen MR) is 55.3 cm³/mol. The third kappa shape index (κ3) is 1.34. The first kappa shape index (κ1) is 9.46. The molecular formula is C9H6N6O2. The molecule has 3 heterocycles. The summed E-state index contributed by atoms with van der Waals surface area (Å²) in [5.74, 6) is -0.815. The fourth-order valence-corrected chi connectivity index (χ4v) is 1.52. The fourth-order valence-electron chi connectivity index (χ4n) is 1.52. The van der Waals surface area contributed by atoms with Crippen LogP contribution in [0.3, 0.4) is 0 Å². The van der Waals surface area contributed by atoms with Gasteiger partial charge in [0.25, 0.3) is 0 Å². The maximum absolute atomic E-state index is 11.0. The van der Waals surface area contributed by atoms with Crippen LogP contribution in [0.15, 0.2) is 24.7 Å². The number of aromatic amines is 1. The first-order valence-corrected chi connectivity index (χ1v) is 4.71. The van der Waals surface area contributed by atoms with Crippen molar-refractivity contribution in [1.82, 2.24) is 29.8 Å². The van der Waals surface area contributed by atoms with Gasteiger partial charge in [-0.25, -0.2) is 9.78 Å². The molecule has 3 rings (SSSR count). The van der Waals surface area contributed by atoms with E-state index in [9.17, 15) is 4.79 Å². The van der Waals surface area contributed by atoms with Crippen molar-refractivity contribution in [3.63, 3.8) is 0 Å². The zero-order chi connectivity index (χ0) is 11.8. The quantitative estimate of drug-likeness (QED) is 0.651. The van der Waals surface area contributed by atoms with Crippen LogP contribution in [0.4, 0.5) is 0 Å². The van der Waals surface area contributed by atoms with Crippen LogP contribution in [0.2, 0.25) is 0 Å². The van der Waals surface area contributed by atoms with Gasteiger partial charge in [0.1, 0.15) is 5.69 Å². The van der Waals surface area contributed by atoms with Crippen LogP contribution < -0.4 is 0 Å². The first-order valence-electron chi connectivity index (χ1n) is 4.71. The monoisotopic (exact) mass is 230 g/mol. The molecule has 0 aromatic carbocycles. The Kier molecular flexibility index (Phi) is 1.87. The number of fused-ring (bicyclic) bond motifs is 1. The number of carboxylic acids is 1. The molecule has 2 N–H and O–H groups in total. The Morgan fingerprint density at radius 2 is 2.29 bits per heavy atom. The van der Waals surface area contributed by atoms with Crippen molar-refractivity contribution in [3.05, 3.63) is 30.4 Å². The maximum Gasteiger partial charge on any atom is 0.354 e. The van der Waals surface area contributed by atoms with E-state index < -0.39 is 5.97 Å². The molecule has 0 atom stereocenters. The molecule has 17 heavy (non-hydrogen) atoms. The van der Waals surface area contributed by atoms with Gasteiger partial charge in [0, 0.05) is 6.20 Å². The Labute approximate surface area is 94.0 Å². The van der Waals surface area contributed by atoms with Gasteiger partial charge >= 0.3 is 5.97 Å². The molecule has 3 aromatic rings. The first-order chi connectivity index (χ1) is 8.27. The minimum atomic E-state index is -1.11. The molecule has 0 aliphatic rings. The number of hydrogen-bond acceptors (Lipinski definition) is 5. The number of carbonyl (C=O) groups is 1. The molecule has 0 spiro atoms. The van der Waals surface area contributed by atoms with Crippen molar-refractivity contribution in [1.29, 1.82) is 0 Å². The van der Waals surface area contributed by atoms with Crippen LogP contribution in [0.5, 0.6) is 0 Å². The highest BCUT2D eigenvalue weighted by Gasteiger charge is 2.19. The highest BCUT2D eigenvalue weighted by atomic mass is 16.4. The molecule has 0 aliphatic carbocycles. The normalized spacial score (nSPS) is 10.8. The summed E-state index contributed by atoms with van der Waals surface area (Å²) in [6.45, 7) is 0. The standard InChI is InChI=1S/C9H6N6O2/c16-9(17)7-6(10-4-11-7)8-14-13-5-2-1-3-12-15(5)8/h1-4H,(H,10,11)(H,16,17). The third-order valence-corrected chi connectivity index (χ3v) is 2.24. The molecule has 8 heteroatoms. The van der Waals surface area contributed by atoms with Gasteiger partial charge in [-0.15, -0.1) is 10.2 Å². The Morgan fingerprint density at radius 3 is 3.12 bits per heavy atom. The van der Waals surface area contributed by atoms with E-state index in [1.54, 1.807) is 18.3 Å². The van der Waals surface area contributed by atoms with Crippen molar-refractivity contribution in [3.8, 4) is 11.5 Å². The van der Waals surface area contributed by atoms with Gasteiger partial charge < -0.3 is 10.1 Å². The van der Waals surface area contributed by atoms with E-state index in [-0.39, 0.29) is 11.4 Å². The number of nitrogens with zero attached hydrogens (tertiary/aromatic N) is 5. The minimum absolute atomic E-state index is 0.0371. The lowest BCUT2D eigenvalue weighted by molar-refractivity contribution is 0.0692. The van der Waals surface area contributed by atoms with Crippen LogP contribution in [-0.4, -0.2) is 40.9 Å². The lowest BCUT2D eigenvalue weighted by Crippen LogP contribution is -2.02. The molecule has 0 saturated carbocycles. The Balaban J connectivity index is 2.28. The van der Waals surface area contributed by atoms with E-state index in [2.05, 4.69) is 25.3 Å². The highest BCUT2D eigenvalue weighted by molar-refractivity contribution is 5.91. The van der Waals surface area contributed by atoms with E-state index >= 15 is 0 Å². The minimum Gasteiger partial charge on any atom is -0.477 e. The molecule has 0 saturated heterocycles. The summed E-state index contributed by atoms with van der Waals surface area (Å²) in [4.78, 5) is 17.4. The smallest absolute Gasteiger partial charge is 0.354 e. The molecule has 84 valence electrons. The van der Waals surface area contributed by atoms with Crippen LogP contribution >= 0.6 is 0 Å². The number of aromatic carboxylic acids is 1. The summed E-state index contributed by atoms with van der Waals surface area (Å²) in [5, 5.41) is 20.8. The van der Waals surface area contributed by atoms with Crippen LogP contribution in [0, 0.1) is 0 Å². The van der Waals surface area contributed by atoms with Crippen LogP contribution in [-0.2, 0) is 0 Å². The van der Waals surface area contributed by atoms with Crippen molar-refractivity contribution in [2.75, 3.05) is 0 Å². The van der Waals surface area contributed by atoms with Crippen LogP contribution in [0.1, 0.15) is 10.5 Å². The average Bonchev–Trinajstić information content (AvgIpc) is 2.94. The van der Waals surface area contributed by atoms with Gasteiger partial charge in [0.05, 0.1) is 6.33 Å². The van der Waals surface area contributed by atoms with E-state index in [0.717, 1.165) is 0 Å². The zero-order valence-electron chi connectivity index (χ0n) is 8.40. The molecule has 0 fully saturated rings. The lowest BCUT2D eigenvalue weighted by atomic mass is 10.3. The number of nitrogens with one attached hydrogen (secondary N) is 1. The van der Waals surface area contributed by atoms with Crippen molar-refractivity contribution < 1.29 is 9.90 Å². The lowest BCUT2D eigenvalue weighted by Gasteiger charge is -1.95. The summed E-state index contributed by atoms with van der Waals surface area (Å²) >= 11 is 0. The van der Waals surface area contributed by atoms with E-state index in [0.29, 0.717) is 11.5 Å². The number of carboxylic acid groups (broad SMARTS) is 1. The Hall–Kier alpha value is -2.77. The molecule has 0 bridgehead atoms. The van der Waals surface area contributed by atoms with E-state index in [1.165, 1.54) is 10.8 Å². The fraction of sp³-hybridized carbons (Fsp3) is 0. The van der Waals surface area contributed by atoms with Gasteiger partial charge in [-0.1, -0.05) is 0 Å². The van der Waals surface area contributed by atoms with Crippen LogP contribution in [0.25, 0.3) is 17.2 Å². The summed E-state index contributed by atoms with van der Waals surface area (Å²) in [7, 11) is 0. The number of H-pyrrole nitrogens is 1. The van der Waals surface area contributed by atoms with Gasteiger partial charge in [0.2, 0.25) is 5.82 Å². The molecule has 3 aromatic heterocycles. The predicted octanol–water partition coefficient (Wildman–Crippen LogP) is 0.213. The SMILES string of the molecule is O=C(O)c1[nH]cnc1-c1nnc2cccnn12. The maximum atomic E-state index is 11.0. The van der Waals surface area contributed by atoms with Gasteiger partial charge in [-0.2, -0.15) is 9.61 Å². The van der Waals surface area contributed by atoms with Crippen molar-refractivity contribution >= 4 is 11.6 Å². The number of aromatic nitrogens is 6. The Morgan fingerprint density at radius 1 is 1.41 bits per heavy atom. The largest absolute Gasteiger partial charge is 0.477 e. The van der Waals surface area contributed by atoms with E-state index in [1.807, 2.05) is 0 Å². The number of imidazole rings is 1. The molecule has 0 unspecified atom stereocenters. The number of hydrogen-bond donors (Lipinski definition) is 2. The van der Waals surface area contributed by atoms with Gasteiger partial charge in [0.15, 0.2) is 11.3 Å². The molecular weight excluding hydrogens is 224 g/mol. The van der Waals surface area contributed by atoms with Crippen molar-refractivity contribution in [2.45, 2.75) is 0 Å². The van der Waals surface area contributed by atoms with Gasteiger partial charge in [-0.3, -0.25) is 0 Å². The molecule has 0 radical (unpaired) electrons. The van der Waals surface area contributed by atoms with Crippen molar-refractivity contribution in [2.24, 2.45) is 0 Å². The second-order valence-electron chi connectivity index (χ2n) is 3.25. The zero-order valence-corrected chi connectivity index (χ0v) is 8.40. The molecule has 0 amide bonds. The average molecular weight is 230 g/mol. The molecule has 8 nitrogen and oxygen atoms in total. The summed E-state index contributed by atoms with van der Waals surface area (Å²) < 4.78 is 1.43. The third-order valence-electron chi connectivity index (χ3n) is 2.24. The topological polar surface area (TPSA) is 109 Å². The Bertz CT molecular complexity index is 700. The summed E-state index contributed by atoms with van der Waals surface area (Å²) in [6, 6.07) is 3.44. The summed E-state index contributed by atoms with van der Waals surface area (Å²) in [5.41, 5.74) is 0.704. The number of rotatable bonds is 2.